The van der Waals surface area contributed by atoms with E-state index >= 15 is 0 Å². The largest absolute Gasteiger partial charge is 0.497 e. The van der Waals surface area contributed by atoms with Gasteiger partial charge in [-0.05, 0) is 49.2 Å². The van der Waals surface area contributed by atoms with E-state index in [1.807, 2.05) is 24.3 Å². The number of carbonyl (C=O) groups is 1. The highest BCUT2D eigenvalue weighted by molar-refractivity contribution is 6.30. The minimum Gasteiger partial charge on any atom is -0.497 e. The lowest BCUT2D eigenvalue weighted by Gasteiger charge is -2.24. The van der Waals surface area contributed by atoms with Crippen molar-refractivity contribution in [2.24, 2.45) is 0 Å². The smallest absolute Gasteiger partial charge is 0.238 e. The van der Waals surface area contributed by atoms with E-state index in [0.29, 0.717) is 23.7 Å². The second-order valence-electron chi connectivity index (χ2n) is 6.29. The van der Waals surface area contributed by atoms with E-state index in [2.05, 4.69) is 10.2 Å². The molecule has 1 heterocycles. The van der Waals surface area contributed by atoms with Crippen molar-refractivity contribution < 1.29 is 14.3 Å². The van der Waals surface area contributed by atoms with Gasteiger partial charge in [-0.15, -0.1) is 0 Å². The number of carbonyl (C=O) groups excluding carboxylic acids is 1. The fourth-order valence-corrected chi connectivity index (χ4v) is 3.49. The summed E-state index contributed by atoms with van der Waals surface area (Å²) in [7, 11) is 3.17. The van der Waals surface area contributed by atoms with Crippen LogP contribution in [0.3, 0.4) is 0 Å². The van der Waals surface area contributed by atoms with Crippen LogP contribution in [0.5, 0.6) is 11.5 Å². The Morgan fingerprint density at radius 2 is 1.96 bits per heavy atom. The number of anilines is 1. The van der Waals surface area contributed by atoms with E-state index < -0.39 is 0 Å². The fraction of sp³-hybridized carbons (Fsp3) is 0.350. The monoisotopic (exact) mass is 374 g/mol. The first-order chi connectivity index (χ1) is 12.6. The third kappa shape index (κ3) is 4.29. The van der Waals surface area contributed by atoms with Gasteiger partial charge in [-0.3, -0.25) is 9.69 Å². The highest BCUT2D eigenvalue weighted by atomic mass is 35.5. The maximum absolute atomic E-state index is 12.6. The standard InChI is InChI=1S/C20H23ClN2O3/c1-25-16-9-10-19(26-2)17(12-16)22-20(24)13-23-11-3-4-18(23)14-5-7-15(21)8-6-14/h5-10,12,18H,3-4,11,13H2,1-2H3,(H,22,24). The van der Waals surface area contributed by atoms with E-state index in [0.717, 1.165) is 24.4 Å². The molecule has 1 saturated heterocycles. The Morgan fingerprint density at radius 1 is 1.19 bits per heavy atom. The predicted octanol–water partition coefficient (Wildman–Crippen LogP) is 4.13. The van der Waals surface area contributed by atoms with Crippen molar-refractivity contribution in [2.45, 2.75) is 18.9 Å². The summed E-state index contributed by atoms with van der Waals surface area (Å²) in [6, 6.07) is 13.4. The lowest BCUT2D eigenvalue weighted by molar-refractivity contribution is -0.117. The first-order valence-electron chi connectivity index (χ1n) is 8.62. The molecule has 0 aliphatic carbocycles. The topological polar surface area (TPSA) is 50.8 Å². The zero-order chi connectivity index (χ0) is 18.5. The Kier molecular flexibility index (Phi) is 6.01. The maximum atomic E-state index is 12.6. The number of likely N-dealkylation sites (tertiary alicyclic amines) is 1. The van der Waals surface area contributed by atoms with Crippen molar-refractivity contribution >= 4 is 23.2 Å². The molecule has 3 rings (SSSR count). The molecule has 138 valence electrons. The van der Waals surface area contributed by atoms with Gasteiger partial charge in [-0.2, -0.15) is 0 Å². The van der Waals surface area contributed by atoms with Crippen molar-refractivity contribution in [3.8, 4) is 11.5 Å². The first kappa shape index (κ1) is 18.5. The van der Waals surface area contributed by atoms with Crippen LogP contribution in [-0.4, -0.2) is 38.1 Å². The molecular weight excluding hydrogens is 352 g/mol. The SMILES string of the molecule is COc1ccc(OC)c(NC(=O)CN2CCCC2c2ccc(Cl)cc2)c1. The van der Waals surface area contributed by atoms with Crippen LogP contribution in [0, 0.1) is 0 Å². The molecule has 26 heavy (non-hydrogen) atoms. The zero-order valence-electron chi connectivity index (χ0n) is 15.0. The van der Waals surface area contributed by atoms with Crippen LogP contribution in [0.1, 0.15) is 24.4 Å². The number of nitrogens with one attached hydrogen (secondary N) is 1. The molecule has 1 fully saturated rings. The summed E-state index contributed by atoms with van der Waals surface area (Å²) in [6.45, 7) is 1.23. The van der Waals surface area contributed by atoms with Gasteiger partial charge in [0.1, 0.15) is 11.5 Å². The van der Waals surface area contributed by atoms with Gasteiger partial charge in [-0.25, -0.2) is 0 Å². The second kappa shape index (κ2) is 8.43. The van der Waals surface area contributed by atoms with Crippen LogP contribution in [0.4, 0.5) is 5.69 Å². The molecule has 1 atom stereocenters. The molecule has 1 amide bonds. The van der Waals surface area contributed by atoms with Crippen LogP contribution in [0.2, 0.25) is 5.02 Å². The zero-order valence-corrected chi connectivity index (χ0v) is 15.8. The highest BCUT2D eigenvalue weighted by Crippen LogP contribution is 2.33. The number of halogens is 1. The third-order valence-corrected chi connectivity index (χ3v) is 4.90. The Balaban J connectivity index is 1.68. The lowest BCUT2D eigenvalue weighted by atomic mass is 10.0. The molecule has 5 nitrogen and oxygen atoms in total. The van der Waals surface area contributed by atoms with Gasteiger partial charge in [0.2, 0.25) is 5.91 Å². The summed E-state index contributed by atoms with van der Waals surface area (Å²) in [5, 5.41) is 3.66. The first-order valence-corrected chi connectivity index (χ1v) is 9.00. The van der Waals surface area contributed by atoms with Crippen molar-refractivity contribution in [1.29, 1.82) is 0 Å². The molecule has 0 saturated carbocycles. The minimum absolute atomic E-state index is 0.0718. The summed E-state index contributed by atoms with van der Waals surface area (Å²) < 4.78 is 10.5. The molecule has 1 unspecified atom stereocenters. The minimum atomic E-state index is -0.0718. The van der Waals surface area contributed by atoms with Crippen LogP contribution in [-0.2, 0) is 4.79 Å². The van der Waals surface area contributed by atoms with Gasteiger partial charge >= 0.3 is 0 Å². The molecule has 0 aromatic heterocycles. The van der Waals surface area contributed by atoms with E-state index in [1.54, 1.807) is 32.4 Å². The van der Waals surface area contributed by atoms with E-state index in [9.17, 15) is 4.79 Å². The quantitative estimate of drug-likeness (QED) is 0.825. The molecule has 1 aliphatic heterocycles. The van der Waals surface area contributed by atoms with Crippen molar-refractivity contribution in [3.05, 3.63) is 53.1 Å². The number of hydrogen-bond acceptors (Lipinski definition) is 4. The Morgan fingerprint density at radius 3 is 2.65 bits per heavy atom. The third-order valence-electron chi connectivity index (χ3n) is 4.65. The number of benzene rings is 2. The summed E-state index contributed by atoms with van der Waals surface area (Å²) in [5.74, 6) is 1.20. The molecule has 2 aromatic carbocycles. The highest BCUT2D eigenvalue weighted by Gasteiger charge is 2.27. The van der Waals surface area contributed by atoms with Gasteiger partial charge in [0.05, 0.1) is 26.5 Å². The summed E-state index contributed by atoms with van der Waals surface area (Å²) in [4.78, 5) is 14.8. The average molecular weight is 375 g/mol. The number of ether oxygens (including phenoxy) is 2. The summed E-state index contributed by atoms with van der Waals surface area (Å²) in [6.07, 6.45) is 2.11. The number of amides is 1. The Hall–Kier alpha value is -2.24. The number of rotatable bonds is 6. The molecule has 1 aliphatic rings. The van der Waals surface area contributed by atoms with Gasteiger partial charge in [0.15, 0.2) is 0 Å². The Bertz CT molecular complexity index is 764. The molecule has 6 heteroatoms. The van der Waals surface area contributed by atoms with Crippen molar-refractivity contribution in [2.75, 3.05) is 32.6 Å². The predicted molar refractivity (Wildman–Crippen MR) is 103 cm³/mol. The maximum Gasteiger partial charge on any atom is 0.238 e. The summed E-state index contributed by atoms with van der Waals surface area (Å²) in [5.41, 5.74) is 1.80. The lowest BCUT2D eigenvalue weighted by Crippen LogP contribution is -2.33. The number of hydrogen-bond donors (Lipinski definition) is 1. The van der Waals surface area contributed by atoms with E-state index in [-0.39, 0.29) is 11.9 Å². The molecule has 0 bridgehead atoms. The molecule has 1 N–H and O–H groups in total. The van der Waals surface area contributed by atoms with Gasteiger partial charge in [0, 0.05) is 17.1 Å². The van der Waals surface area contributed by atoms with Crippen molar-refractivity contribution in [3.63, 3.8) is 0 Å². The number of nitrogens with zero attached hydrogens (tertiary/aromatic N) is 1. The van der Waals surface area contributed by atoms with Crippen LogP contribution in [0.25, 0.3) is 0 Å². The van der Waals surface area contributed by atoms with Crippen LogP contribution < -0.4 is 14.8 Å². The van der Waals surface area contributed by atoms with E-state index in [4.69, 9.17) is 21.1 Å². The summed E-state index contributed by atoms with van der Waals surface area (Å²) >= 11 is 5.98. The van der Waals surface area contributed by atoms with E-state index in [1.165, 1.54) is 5.56 Å². The van der Waals surface area contributed by atoms with Crippen LogP contribution in [0.15, 0.2) is 42.5 Å². The van der Waals surface area contributed by atoms with Crippen LogP contribution >= 0.6 is 11.6 Å². The molecule has 0 radical (unpaired) electrons. The normalized spacial score (nSPS) is 17.1. The van der Waals surface area contributed by atoms with Crippen molar-refractivity contribution in [1.82, 2.24) is 4.90 Å². The van der Waals surface area contributed by atoms with Gasteiger partial charge in [-0.1, -0.05) is 23.7 Å². The molecule has 2 aromatic rings. The second-order valence-corrected chi connectivity index (χ2v) is 6.73. The number of methoxy groups -OCH3 is 2. The molecule has 0 spiro atoms. The molecular formula is C20H23ClN2O3. The van der Waals surface area contributed by atoms with Gasteiger partial charge < -0.3 is 14.8 Å². The fourth-order valence-electron chi connectivity index (χ4n) is 3.36. The van der Waals surface area contributed by atoms with Gasteiger partial charge in [0.25, 0.3) is 0 Å². The Labute approximate surface area is 158 Å². The average Bonchev–Trinajstić information content (AvgIpc) is 3.10.